The first-order valence-electron chi connectivity index (χ1n) is 5.80. The quantitative estimate of drug-likeness (QED) is 0.430. The average Bonchev–Trinajstić information content (AvgIpc) is 2.45. The predicted molar refractivity (Wildman–Crippen MR) is 80.6 cm³/mol. The molecule has 0 saturated heterocycles. The molecule has 0 aliphatic heterocycles. The highest BCUT2D eigenvalue weighted by molar-refractivity contribution is 7.48. The minimum Gasteiger partial charge on any atom is -0.478 e. The summed E-state index contributed by atoms with van der Waals surface area (Å²) in [4.78, 5) is 29.0. The number of carbonyl (C=O) groups excluding carboxylic acids is 1. The Balaban J connectivity index is -0.000000330. The molecule has 0 amide bonds. The minimum atomic E-state index is -4.23. The second-order valence-electron chi connectivity index (χ2n) is 3.34. The zero-order chi connectivity index (χ0) is 18.2. The highest BCUT2D eigenvalue weighted by Crippen LogP contribution is 2.43. The summed E-state index contributed by atoms with van der Waals surface area (Å²) in [7, 11) is -4.23. The monoisotopic (exact) mass is 333 g/mol. The molecule has 0 bridgehead atoms. The first-order valence-corrected chi connectivity index (χ1v) is 7.30. The van der Waals surface area contributed by atoms with Gasteiger partial charge in [-0.25, -0.2) is 14.2 Å². The maximum Gasteiger partial charge on any atom is 0.529 e. The SMILES string of the molecule is C=C(C)C(=O)OP(=O)(O)OCCC.C=CC#N.C=CC(=O)O. The second-order valence-corrected chi connectivity index (χ2v) is 4.71. The first-order chi connectivity index (χ1) is 10.1. The van der Waals surface area contributed by atoms with Gasteiger partial charge in [0, 0.05) is 17.7 Å². The van der Waals surface area contributed by atoms with Crippen molar-refractivity contribution in [1.82, 2.24) is 0 Å². The molecule has 0 aliphatic rings. The van der Waals surface area contributed by atoms with Crippen molar-refractivity contribution in [2.75, 3.05) is 6.61 Å². The molecule has 2 N–H and O–H groups in total. The summed E-state index contributed by atoms with van der Waals surface area (Å²) in [6.45, 7) is 12.5. The maximum atomic E-state index is 10.9. The van der Waals surface area contributed by atoms with Crippen molar-refractivity contribution < 1.29 is 33.2 Å². The maximum absolute atomic E-state index is 10.9. The number of nitrogens with zero attached hydrogens (tertiary/aromatic N) is 1. The van der Waals surface area contributed by atoms with Gasteiger partial charge in [-0.2, -0.15) is 5.26 Å². The molecule has 0 spiro atoms. The van der Waals surface area contributed by atoms with E-state index in [9.17, 15) is 14.2 Å². The Morgan fingerprint density at radius 1 is 1.41 bits per heavy atom. The van der Waals surface area contributed by atoms with E-state index in [1.165, 1.54) is 13.0 Å². The fourth-order valence-electron chi connectivity index (χ4n) is 0.416. The summed E-state index contributed by atoms with van der Waals surface area (Å²) < 4.78 is 19.5. The zero-order valence-corrected chi connectivity index (χ0v) is 13.4. The van der Waals surface area contributed by atoms with Crippen LogP contribution in [0.5, 0.6) is 0 Å². The van der Waals surface area contributed by atoms with E-state index in [-0.39, 0.29) is 12.2 Å². The van der Waals surface area contributed by atoms with Gasteiger partial charge in [-0.05, 0) is 13.3 Å². The number of carboxylic acids is 1. The van der Waals surface area contributed by atoms with Gasteiger partial charge in [0.05, 0.1) is 12.7 Å². The van der Waals surface area contributed by atoms with Gasteiger partial charge in [0.1, 0.15) is 0 Å². The van der Waals surface area contributed by atoms with Crippen LogP contribution in [0.15, 0.2) is 37.5 Å². The van der Waals surface area contributed by atoms with Gasteiger partial charge in [0.25, 0.3) is 0 Å². The Kier molecular flexibility index (Phi) is 17.1. The van der Waals surface area contributed by atoms with Crippen LogP contribution in [0.2, 0.25) is 0 Å². The summed E-state index contributed by atoms with van der Waals surface area (Å²) >= 11 is 0. The summed E-state index contributed by atoms with van der Waals surface area (Å²) in [5.41, 5.74) is 0.0503. The van der Waals surface area contributed by atoms with Crippen LogP contribution in [0.25, 0.3) is 0 Å². The third-order valence-electron chi connectivity index (χ3n) is 1.27. The molecule has 0 radical (unpaired) electrons. The summed E-state index contributed by atoms with van der Waals surface area (Å²) in [6.07, 6.45) is 2.58. The number of aliphatic carboxylic acids is 1. The molecule has 0 rings (SSSR count). The fraction of sp³-hybridized carbons (Fsp3) is 0.308. The Labute approximate surface area is 129 Å². The van der Waals surface area contributed by atoms with Crippen LogP contribution in [0.1, 0.15) is 20.3 Å². The summed E-state index contributed by atoms with van der Waals surface area (Å²) in [5.74, 6) is -1.91. The highest BCUT2D eigenvalue weighted by Gasteiger charge is 2.25. The number of allylic oxidation sites excluding steroid dienone is 1. The molecular weight excluding hydrogens is 313 g/mol. The Morgan fingerprint density at radius 3 is 2.05 bits per heavy atom. The summed E-state index contributed by atoms with van der Waals surface area (Å²) in [6, 6.07) is 1.69. The van der Waals surface area contributed by atoms with Crippen molar-refractivity contribution in [3.05, 3.63) is 37.5 Å². The van der Waals surface area contributed by atoms with E-state index in [2.05, 4.69) is 28.8 Å². The van der Waals surface area contributed by atoms with E-state index in [1.807, 2.05) is 0 Å². The molecule has 1 atom stereocenters. The van der Waals surface area contributed by atoms with Crippen molar-refractivity contribution in [2.45, 2.75) is 20.3 Å². The van der Waals surface area contributed by atoms with Crippen molar-refractivity contribution in [2.24, 2.45) is 0 Å². The van der Waals surface area contributed by atoms with Crippen LogP contribution in [-0.2, 0) is 23.2 Å². The van der Waals surface area contributed by atoms with Crippen LogP contribution >= 0.6 is 7.82 Å². The smallest absolute Gasteiger partial charge is 0.478 e. The highest BCUT2D eigenvalue weighted by atomic mass is 31.2. The topological polar surface area (TPSA) is 134 Å². The number of carboxylic acid groups (broad SMARTS) is 1. The molecule has 0 aromatic carbocycles. The molecule has 0 aromatic rings. The third kappa shape index (κ3) is 22.9. The van der Waals surface area contributed by atoms with E-state index in [0.29, 0.717) is 6.42 Å². The van der Waals surface area contributed by atoms with Gasteiger partial charge in [0.2, 0.25) is 0 Å². The lowest BCUT2D eigenvalue weighted by Crippen LogP contribution is -2.05. The van der Waals surface area contributed by atoms with E-state index < -0.39 is 19.8 Å². The van der Waals surface area contributed by atoms with Crippen molar-refractivity contribution in [3.63, 3.8) is 0 Å². The number of phosphoric acid groups is 1. The average molecular weight is 333 g/mol. The lowest BCUT2D eigenvalue weighted by molar-refractivity contribution is -0.132. The van der Waals surface area contributed by atoms with Crippen molar-refractivity contribution in [3.8, 4) is 6.07 Å². The molecule has 0 aromatic heterocycles. The van der Waals surface area contributed by atoms with Gasteiger partial charge in [-0.3, -0.25) is 9.42 Å². The van der Waals surface area contributed by atoms with Crippen LogP contribution in [0.3, 0.4) is 0 Å². The molecule has 9 heteroatoms. The van der Waals surface area contributed by atoms with Crippen LogP contribution in [-0.4, -0.2) is 28.5 Å². The summed E-state index contributed by atoms with van der Waals surface area (Å²) in [5, 5.41) is 15.1. The number of nitriles is 1. The molecule has 0 saturated carbocycles. The molecular formula is C13H20NO7P. The Hall–Kier alpha value is -2.20. The van der Waals surface area contributed by atoms with Gasteiger partial charge < -0.3 is 9.63 Å². The van der Waals surface area contributed by atoms with Crippen LogP contribution in [0.4, 0.5) is 0 Å². The molecule has 8 nitrogen and oxygen atoms in total. The predicted octanol–water partition coefficient (Wildman–Crippen LogP) is 2.59. The van der Waals surface area contributed by atoms with Gasteiger partial charge >= 0.3 is 19.8 Å². The number of carbonyl (C=O) groups is 2. The van der Waals surface area contributed by atoms with E-state index in [1.54, 1.807) is 13.0 Å². The first kappa shape index (κ1) is 24.8. The second kappa shape index (κ2) is 15.2. The zero-order valence-electron chi connectivity index (χ0n) is 12.5. The molecule has 22 heavy (non-hydrogen) atoms. The van der Waals surface area contributed by atoms with E-state index >= 15 is 0 Å². The van der Waals surface area contributed by atoms with Crippen LogP contribution < -0.4 is 0 Å². The number of hydrogen-bond acceptors (Lipinski definition) is 6. The normalized spacial score (nSPS) is 10.8. The van der Waals surface area contributed by atoms with Gasteiger partial charge in [-0.15, -0.1) is 0 Å². The Morgan fingerprint density at radius 2 is 1.82 bits per heavy atom. The molecule has 0 heterocycles. The number of hydrogen-bond donors (Lipinski definition) is 2. The largest absolute Gasteiger partial charge is 0.529 e. The molecule has 1 unspecified atom stereocenters. The fourth-order valence-corrected chi connectivity index (χ4v) is 1.25. The van der Waals surface area contributed by atoms with Gasteiger partial charge in [0.15, 0.2) is 0 Å². The number of phosphoric ester groups is 1. The molecule has 124 valence electrons. The number of rotatable bonds is 6. The van der Waals surface area contributed by atoms with E-state index in [4.69, 9.17) is 15.3 Å². The lowest BCUT2D eigenvalue weighted by Gasteiger charge is -2.10. The van der Waals surface area contributed by atoms with Crippen molar-refractivity contribution in [1.29, 1.82) is 5.26 Å². The van der Waals surface area contributed by atoms with Crippen LogP contribution in [0, 0.1) is 11.3 Å². The molecule has 0 fully saturated rings. The minimum absolute atomic E-state index is 0.0503. The lowest BCUT2D eigenvalue weighted by atomic mass is 10.4. The van der Waals surface area contributed by atoms with E-state index in [0.717, 1.165) is 6.08 Å². The van der Waals surface area contributed by atoms with Gasteiger partial charge in [-0.1, -0.05) is 26.7 Å². The molecule has 0 aliphatic carbocycles. The third-order valence-corrected chi connectivity index (χ3v) is 2.18. The van der Waals surface area contributed by atoms with Crippen molar-refractivity contribution >= 4 is 19.8 Å². The Bertz CT molecular complexity index is 479. The standard InChI is InChI=1S/C7H13O5P.C3H3N.C3H4O2/c1-4-5-11-13(9,10)12-7(8)6(2)3;1-2-3-4;1-2-3(4)5/h2,4-5H2,1,3H3,(H,9,10);2H,1H2;2H,1H2,(H,4,5).